The smallest absolute Gasteiger partial charge is 0.229 e. The molecule has 1 aromatic heterocycles. The fraction of sp³-hybridized carbons (Fsp3) is 0.429. The number of ketones is 1. The number of unbranched alkanes of at least 4 members (excludes halogenated alkanes) is 1. The van der Waals surface area contributed by atoms with Crippen LogP contribution < -0.4 is 5.32 Å². The second-order valence-corrected chi connectivity index (χ2v) is 7.60. The van der Waals surface area contributed by atoms with Crippen molar-refractivity contribution < 1.29 is 9.59 Å². The van der Waals surface area contributed by atoms with Crippen molar-refractivity contribution in [3.63, 3.8) is 0 Å². The van der Waals surface area contributed by atoms with E-state index in [1.165, 1.54) is 6.20 Å². The van der Waals surface area contributed by atoms with Crippen molar-refractivity contribution in [2.45, 2.75) is 51.9 Å². The highest BCUT2D eigenvalue weighted by Crippen LogP contribution is 2.32. The number of carbonyl (C=O) groups is 2. The molecule has 2 unspecified atom stereocenters. The maximum Gasteiger partial charge on any atom is 0.229 e. The van der Waals surface area contributed by atoms with E-state index in [2.05, 4.69) is 22.2 Å². The molecule has 6 heteroatoms. The molecule has 0 spiro atoms. The van der Waals surface area contributed by atoms with Gasteiger partial charge in [-0.25, -0.2) is 9.97 Å². The van der Waals surface area contributed by atoms with Gasteiger partial charge in [0.1, 0.15) is 0 Å². The number of hydrogen-bond acceptors (Lipinski definition) is 4. The predicted molar refractivity (Wildman–Crippen MR) is 106 cm³/mol. The highest BCUT2D eigenvalue weighted by Gasteiger charge is 2.28. The topological polar surface area (TPSA) is 72.0 Å². The number of amides is 1. The third-order valence-electron chi connectivity index (χ3n) is 5.05. The number of halogens is 1. The number of rotatable bonds is 6. The van der Waals surface area contributed by atoms with Gasteiger partial charge < -0.3 is 0 Å². The molecule has 1 N–H and O–H groups in total. The Bertz CT molecular complexity index is 836. The Morgan fingerprint density at radius 3 is 2.74 bits per heavy atom. The van der Waals surface area contributed by atoms with Gasteiger partial charge >= 0.3 is 0 Å². The molecule has 0 bridgehead atoms. The summed E-state index contributed by atoms with van der Waals surface area (Å²) in [4.78, 5) is 33.4. The number of nitrogens with one attached hydrogen (secondary N) is 1. The summed E-state index contributed by atoms with van der Waals surface area (Å²) >= 11 is 5.96. The third kappa shape index (κ3) is 4.72. The maximum atomic E-state index is 12.5. The second kappa shape index (κ2) is 8.61. The van der Waals surface area contributed by atoms with E-state index in [1.807, 2.05) is 31.2 Å². The van der Waals surface area contributed by atoms with Crippen molar-refractivity contribution in [2.75, 3.05) is 5.32 Å². The van der Waals surface area contributed by atoms with Crippen LogP contribution in [0.25, 0.3) is 0 Å². The van der Waals surface area contributed by atoms with Crippen molar-refractivity contribution in [1.29, 1.82) is 0 Å². The average molecular weight is 386 g/mol. The number of benzene rings is 1. The molecule has 27 heavy (non-hydrogen) atoms. The Balaban J connectivity index is 1.75. The van der Waals surface area contributed by atoms with Gasteiger partial charge in [-0.1, -0.05) is 50.4 Å². The van der Waals surface area contributed by atoms with Crippen LogP contribution in [0, 0.1) is 5.92 Å². The quantitative estimate of drug-likeness (QED) is 0.774. The zero-order valence-electron chi connectivity index (χ0n) is 15.7. The van der Waals surface area contributed by atoms with Crippen molar-refractivity contribution in [3.05, 3.63) is 52.3 Å². The molecule has 1 heterocycles. The lowest BCUT2D eigenvalue weighted by Gasteiger charge is -2.23. The summed E-state index contributed by atoms with van der Waals surface area (Å²) in [5, 5.41) is 3.46. The van der Waals surface area contributed by atoms with Crippen molar-refractivity contribution >= 4 is 29.2 Å². The van der Waals surface area contributed by atoms with Crippen LogP contribution in [0.3, 0.4) is 0 Å². The first-order valence-electron chi connectivity index (χ1n) is 9.43. The van der Waals surface area contributed by atoms with Crippen LogP contribution in [0.2, 0.25) is 5.02 Å². The van der Waals surface area contributed by atoms with Gasteiger partial charge in [0, 0.05) is 23.6 Å². The maximum absolute atomic E-state index is 12.5. The number of hydrogen-bond donors (Lipinski definition) is 1. The standard InChI is InChI=1S/C21H24ClN3O2/c1-3-4-5-13(2)20(27)25-21-23-12-17-18(24-21)10-15(11-19(17)26)14-6-8-16(22)9-7-14/h6-9,12-13,15H,3-5,10-11H2,1-2H3,(H,23,24,25,27). The minimum atomic E-state index is -0.0898. The number of aromatic nitrogens is 2. The van der Waals surface area contributed by atoms with Crippen LogP contribution >= 0.6 is 11.6 Å². The van der Waals surface area contributed by atoms with Crippen LogP contribution in [0.4, 0.5) is 5.95 Å². The van der Waals surface area contributed by atoms with E-state index in [0.717, 1.165) is 24.8 Å². The fourth-order valence-electron chi connectivity index (χ4n) is 3.35. The zero-order valence-corrected chi connectivity index (χ0v) is 16.4. The van der Waals surface area contributed by atoms with E-state index < -0.39 is 0 Å². The number of fused-ring (bicyclic) bond motifs is 1. The summed E-state index contributed by atoms with van der Waals surface area (Å²) in [7, 11) is 0. The van der Waals surface area contributed by atoms with Gasteiger partial charge in [0.15, 0.2) is 5.78 Å². The fourth-order valence-corrected chi connectivity index (χ4v) is 3.48. The minimum Gasteiger partial charge on any atom is -0.294 e. The second-order valence-electron chi connectivity index (χ2n) is 7.17. The first-order valence-corrected chi connectivity index (χ1v) is 9.81. The number of anilines is 1. The number of carbonyl (C=O) groups excluding carboxylic acids is 2. The van der Waals surface area contributed by atoms with Gasteiger partial charge in [-0.2, -0.15) is 0 Å². The molecular weight excluding hydrogens is 362 g/mol. The van der Waals surface area contributed by atoms with Gasteiger partial charge in [0.2, 0.25) is 11.9 Å². The Labute approximate surface area is 164 Å². The summed E-state index contributed by atoms with van der Waals surface area (Å²) in [6.45, 7) is 4.01. The van der Waals surface area contributed by atoms with Crippen molar-refractivity contribution in [1.82, 2.24) is 9.97 Å². The number of nitrogens with zero attached hydrogens (tertiary/aromatic N) is 2. The van der Waals surface area contributed by atoms with Gasteiger partial charge in [-0.05, 0) is 36.5 Å². The average Bonchev–Trinajstić information content (AvgIpc) is 2.66. The molecule has 0 saturated heterocycles. The van der Waals surface area contributed by atoms with E-state index >= 15 is 0 Å². The van der Waals surface area contributed by atoms with Crippen molar-refractivity contribution in [2.24, 2.45) is 5.92 Å². The molecule has 0 saturated carbocycles. The largest absolute Gasteiger partial charge is 0.294 e. The van der Waals surface area contributed by atoms with Gasteiger partial charge in [0.25, 0.3) is 0 Å². The molecule has 1 aliphatic carbocycles. The molecule has 2 atom stereocenters. The molecule has 1 aliphatic rings. The molecule has 1 aromatic carbocycles. The van der Waals surface area contributed by atoms with E-state index in [-0.39, 0.29) is 29.5 Å². The van der Waals surface area contributed by atoms with E-state index in [9.17, 15) is 9.59 Å². The first-order chi connectivity index (χ1) is 13.0. The highest BCUT2D eigenvalue weighted by atomic mass is 35.5. The molecule has 0 radical (unpaired) electrons. The Kier molecular flexibility index (Phi) is 6.22. The molecule has 2 aromatic rings. The SMILES string of the molecule is CCCCC(C)C(=O)Nc1ncc2c(n1)CC(c1ccc(Cl)cc1)CC2=O. The molecule has 1 amide bonds. The normalized spacial score (nSPS) is 17.3. The summed E-state index contributed by atoms with van der Waals surface area (Å²) in [5.41, 5.74) is 2.31. The van der Waals surface area contributed by atoms with Gasteiger partial charge in [-0.15, -0.1) is 0 Å². The lowest BCUT2D eigenvalue weighted by atomic mass is 9.82. The Hall–Kier alpha value is -2.27. The molecule has 142 valence electrons. The summed E-state index contributed by atoms with van der Waals surface area (Å²) < 4.78 is 0. The van der Waals surface area contributed by atoms with E-state index in [4.69, 9.17) is 11.6 Å². The Morgan fingerprint density at radius 1 is 1.30 bits per heavy atom. The Morgan fingerprint density at radius 2 is 2.04 bits per heavy atom. The minimum absolute atomic E-state index is 0.0328. The summed E-state index contributed by atoms with van der Waals surface area (Å²) in [6, 6.07) is 7.57. The molecule has 0 fully saturated rings. The molecule has 3 rings (SSSR count). The van der Waals surface area contributed by atoms with E-state index in [1.54, 1.807) is 0 Å². The van der Waals surface area contributed by atoms with Crippen LogP contribution in [0.1, 0.15) is 67.1 Å². The van der Waals surface area contributed by atoms with Crippen LogP contribution in [0.5, 0.6) is 0 Å². The van der Waals surface area contributed by atoms with E-state index in [0.29, 0.717) is 29.1 Å². The zero-order chi connectivity index (χ0) is 19.4. The summed E-state index contributed by atoms with van der Waals surface area (Å²) in [6.07, 6.45) is 5.51. The highest BCUT2D eigenvalue weighted by molar-refractivity contribution is 6.30. The van der Waals surface area contributed by atoms with Crippen LogP contribution in [0.15, 0.2) is 30.5 Å². The van der Waals surface area contributed by atoms with Crippen LogP contribution in [-0.2, 0) is 11.2 Å². The van der Waals surface area contributed by atoms with Crippen molar-refractivity contribution in [3.8, 4) is 0 Å². The molecule has 0 aliphatic heterocycles. The third-order valence-corrected chi connectivity index (χ3v) is 5.31. The number of Topliss-reactive ketones (excluding diaryl/α,β-unsaturated/α-hetero) is 1. The van der Waals surface area contributed by atoms with Gasteiger partial charge in [-0.3, -0.25) is 14.9 Å². The lowest BCUT2D eigenvalue weighted by molar-refractivity contribution is -0.119. The molecule has 5 nitrogen and oxygen atoms in total. The predicted octanol–water partition coefficient (Wildman–Crippen LogP) is 4.81. The van der Waals surface area contributed by atoms with Crippen LogP contribution in [-0.4, -0.2) is 21.7 Å². The monoisotopic (exact) mass is 385 g/mol. The molecular formula is C21H24ClN3O2. The summed E-state index contributed by atoms with van der Waals surface area (Å²) in [5.74, 6) is 0.189. The van der Waals surface area contributed by atoms with Gasteiger partial charge in [0.05, 0.1) is 11.3 Å². The lowest BCUT2D eigenvalue weighted by Crippen LogP contribution is -2.24. The first kappa shape index (κ1) is 19.5.